The summed E-state index contributed by atoms with van der Waals surface area (Å²) in [5, 5.41) is 12.0. The van der Waals surface area contributed by atoms with Crippen LogP contribution in [0.15, 0.2) is 46.2 Å². The minimum atomic E-state index is -3.12. The molecule has 1 aliphatic rings. The van der Waals surface area contributed by atoms with Crippen molar-refractivity contribution in [3.63, 3.8) is 0 Å². The number of methoxy groups -OCH3 is 1. The summed E-state index contributed by atoms with van der Waals surface area (Å²) >= 11 is 1.57. The Morgan fingerprint density at radius 1 is 1.16 bits per heavy atom. The molecule has 7 nitrogen and oxygen atoms in total. The number of hydrogen-bond acceptors (Lipinski definition) is 7. The van der Waals surface area contributed by atoms with Crippen molar-refractivity contribution in [1.29, 1.82) is 0 Å². The molecule has 0 saturated carbocycles. The van der Waals surface area contributed by atoms with E-state index < -0.39 is 16.6 Å². The first-order valence-electron chi connectivity index (χ1n) is 13.0. The third kappa shape index (κ3) is 7.35. The molecule has 0 saturated heterocycles. The Morgan fingerprint density at radius 3 is 2.46 bits per heavy atom. The molecule has 206 valence electrons. The molecule has 0 radical (unpaired) electrons. The minimum Gasteiger partial charge on any atom is -0.497 e. The lowest BCUT2D eigenvalue weighted by atomic mass is 9.79. The molecule has 0 unspecified atom stereocenters. The van der Waals surface area contributed by atoms with Gasteiger partial charge in [-0.05, 0) is 48.9 Å². The Hall–Kier alpha value is -1.91. The molecule has 1 heterocycles. The van der Waals surface area contributed by atoms with Crippen molar-refractivity contribution < 1.29 is 23.7 Å². The maximum Gasteiger partial charge on any atom is 0.317 e. The standard InChI is InChI=1S/C28H42N2O5S2/c1-5-7-12-28(13-8-6-2)19-30(22-10-9-11-23(15-22)35-3)24-16-25(36-4)21(17-29-18-27(31)32)14-26(24)37(33,34)20-28/h9-11,14-16,29,33-34H,5-8,12-13,17-20H2,1-4H3,(H,31,32). The number of unbranched alkanes of at least 4 members (excludes halogenated alkanes) is 2. The minimum absolute atomic E-state index is 0.158. The van der Waals surface area contributed by atoms with Gasteiger partial charge in [0.15, 0.2) is 0 Å². The fourth-order valence-electron chi connectivity index (χ4n) is 5.21. The van der Waals surface area contributed by atoms with Gasteiger partial charge >= 0.3 is 5.97 Å². The first-order valence-corrected chi connectivity index (χ1v) is 15.9. The number of carboxylic acids is 1. The third-order valence-electron chi connectivity index (χ3n) is 7.08. The van der Waals surface area contributed by atoms with Gasteiger partial charge in [0.2, 0.25) is 0 Å². The molecule has 0 aliphatic carbocycles. The summed E-state index contributed by atoms with van der Waals surface area (Å²) in [5.41, 5.74) is 2.37. The molecule has 0 bridgehead atoms. The number of benzene rings is 2. The van der Waals surface area contributed by atoms with Crippen LogP contribution in [-0.4, -0.2) is 52.4 Å². The van der Waals surface area contributed by atoms with Gasteiger partial charge in [0.1, 0.15) is 5.75 Å². The van der Waals surface area contributed by atoms with Gasteiger partial charge in [0.25, 0.3) is 0 Å². The highest BCUT2D eigenvalue weighted by Crippen LogP contribution is 2.61. The van der Waals surface area contributed by atoms with E-state index in [1.165, 1.54) is 0 Å². The molecule has 0 spiro atoms. The van der Waals surface area contributed by atoms with Crippen molar-refractivity contribution in [2.75, 3.05) is 37.1 Å². The van der Waals surface area contributed by atoms with Gasteiger partial charge in [0, 0.05) is 40.9 Å². The van der Waals surface area contributed by atoms with Crippen molar-refractivity contribution in [3.8, 4) is 5.75 Å². The second kappa shape index (κ2) is 13.2. The average molecular weight is 551 g/mol. The summed E-state index contributed by atoms with van der Waals surface area (Å²) in [4.78, 5) is 14.8. The van der Waals surface area contributed by atoms with Gasteiger partial charge in [-0.25, -0.2) is 0 Å². The normalized spacial score (nSPS) is 17.1. The maximum atomic E-state index is 11.8. The SMILES string of the molecule is CCCCC1(CCCC)CN(c2cccc(OC)c2)c2cc(SC)c(CNCC(=O)O)cc2S(O)(O)C1. The molecule has 1 aliphatic heterocycles. The Morgan fingerprint density at radius 2 is 1.86 bits per heavy atom. The maximum absolute atomic E-state index is 11.8. The predicted octanol–water partition coefficient (Wildman–Crippen LogP) is 7.22. The molecule has 3 rings (SSSR count). The number of nitrogens with one attached hydrogen (secondary N) is 1. The van der Waals surface area contributed by atoms with Crippen molar-refractivity contribution in [3.05, 3.63) is 42.0 Å². The number of hydrogen-bond donors (Lipinski definition) is 4. The van der Waals surface area contributed by atoms with E-state index in [0.717, 1.165) is 66.1 Å². The van der Waals surface area contributed by atoms with E-state index in [1.807, 2.05) is 36.6 Å². The lowest BCUT2D eigenvalue weighted by Gasteiger charge is -2.42. The van der Waals surface area contributed by atoms with Crippen LogP contribution in [-0.2, 0) is 11.3 Å². The number of rotatable bonds is 13. The number of ether oxygens (including phenoxy) is 1. The van der Waals surface area contributed by atoms with Crippen molar-refractivity contribution in [2.24, 2.45) is 5.41 Å². The topological polar surface area (TPSA) is 102 Å². The fraction of sp³-hybridized carbons (Fsp3) is 0.536. The van der Waals surface area contributed by atoms with Crippen LogP contribution >= 0.6 is 22.4 Å². The molecule has 9 heteroatoms. The van der Waals surface area contributed by atoms with E-state index in [4.69, 9.17) is 9.84 Å². The van der Waals surface area contributed by atoms with Gasteiger partial charge in [-0.2, -0.15) is 10.6 Å². The first-order chi connectivity index (χ1) is 17.7. The zero-order valence-corrected chi connectivity index (χ0v) is 24.1. The molecule has 0 atom stereocenters. The van der Waals surface area contributed by atoms with Crippen molar-refractivity contribution in [1.82, 2.24) is 5.32 Å². The number of nitrogens with zero attached hydrogens (tertiary/aromatic N) is 1. The van der Waals surface area contributed by atoms with E-state index in [9.17, 15) is 13.9 Å². The number of carbonyl (C=O) groups is 1. The second-order valence-electron chi connectivity index (χ2n) is 9.93. The monoisotopic (exact) mass is 550 g/mol. The Labute approximate surface area is 227 Å². The molecule has 2 aromatic rings. The molecule has 0 fully saturated rings. The van der Waals surface area contributed by atoms with Gasteiger partial charge in [-0.3, -0.25) is 13.9 Å². The van der Waals surface area contributed by atoms with Crippen LogP contribution in [0.2, 0.25) is 0 Å². The first kappa shape index (κ1) is 29.6. The van der Waals surface area contributed by atoms with Crippen LogP contribution in [0.25, 0.3) is 0 Å². The smallest absolute Gasteiger partial charge is 0.317 e. The largest absolute Gasteiger partial charge is 0.497 e. The predicted molar refractivity (Wildman–Crippen MR) is 155 cm³/mol. The van der Waals surface area contributed by atoms with Gasteiger partial charge in [-0.15, -0.1) is 11.8 Å². The number of anilines is 2. The molecule has 0 amide bonds. The molecule has 2 aromatic carbocycles. The lowest BCUT2D eigenvalue weighted by Crippen LogP contribution is -2.37. The van der Waals surface area contributed by atoms with E-state index in [1.54, 1.807) is 18.9 Å². The molecular formula is C28H42N2O5S2. The highest BCUT2D eigenvalue weighted by molar-refractivity contribution is 8.24. The van der Waals surface area contributed by atoms with Crippen LogP contribution in [0, 0.1) is 5.41 Å². The summed E-state index contributed by atoms with van der Waals surface area (Å²) < 4.78 is 29.1. The van der Waals surface area contributed by atoms with Crippen LogP contribution in [0.3, 0.4) is 0 Å². The molecular weight excluding hydrogens is 508 g/mol. The van der Waals surface area contributed by atoms with Gasteiger partial charge < -0.3 is 20.1 Å². The zero-order chi connectivity index (χ0) is 27.1. The van der Waals surface area contributed by atoms with Crippen molar-refractivity contribution >= 4 is 39.7 Å². The number of carboxylic acid groups (broad SMARTS) is 1. The Bertz CT molecular complexity index is 1050. The third-order valence-corrected chi connectivity index (χ3v) is 9.95. The highest BCUT2D eigenvalue weighted by atomic mass is 32.3. The summed E-state index contributed by atoms with van der Waals surface area (Å²) in [7, 11) is -1.46. The van der Waals surface area contributed by atoms with Crippen molar-refractivity contribution in [2.45, 2.75) is 68.7 Å². The molecule has 37 heavy (non-hydrogen) atoms. The quantitative estimate of drug-likeness (QED) is 0.194. The lowest BCUT2D eigenvalue weighted by molar-refractivity contribution is -0.136. The second-order valence-corrected chi connectivity index (χ2v) is 12.8. The van der Waals surface area contributed by atoms with Gasteiger partial charge in [0.05, 0.1) is 24.2 Å². The summed E-state index contributed by atoms with van der Waals surface area (Å²) in [6.07, 6.45) is 8.00. The number of thioether (sulfide) groups is 1. The van der Waals surface area contributed by atoms with E-state index in [-0.39, 0.29) is 12.0 Å². The van der Waals surface area contributed by atoms with E-state index in [0.29, 0.717) is 23.7 Å². The zero-order valence-electron chi connectivity index (χ0n) is 22.5. The number of aliphatic carboxylic acids is 1. The molecule has 0 aromatic heterocycles. The fourth-order valence-corrected chi connectivity index (χ4v) is 8.05. The molecule has 4 N–H and O–H groups in total. The van der Waals surface area contributed by atoms with Crippen LogP contribution in [0.5, 0.6) is 5.75 Å². The van der Waals surface area contributed by atoms with Crippen LogP contribution in [0.1, 0.15) is 57.9 Å². The highest BCUT2D eigenvalue weighted by Gasteiger charge is 2.42. The summed E-state index contributed by atoms with van der Waals surface area (Å²) in [6, 6.07) is 11.9. The Balaban J connectivity index is 2.21. The summed E-state index contributed by atoms with van der Waals surface area (Å²) in [6.45, 7) is 5.22. The van der Waals surface area contributed by atoms with Crippen LogP contribution < -0.4 is 15.0 Å². The Kier molecular flexibility index (Phi) is 10.6. The average Bonchev–Trinajstić information content (AvgIpc) is 2.97. The summed E-state index contributed by atoms with van der Waals surface area (Å²) in [5.74, 6) is 0.154. The number of fused-ring (bicyclic) bond motifs is 1. The van der Waals surface area contributed by atoms with E-state index in [2.05, 4.69) is 30.1 Å². The van der Waals surface area contributed by atoms with Gasteiger partial charge in [-0.1, -0.05) is 45.6 Å². The van der Waals surface area contributed by atoms with Crippen LogP contribution in [0.4, 0.5) is 11.4 Å². The van der Waals surface area contributed by atoms with E-state index >= 15 is 0 Å².